The van der Waals surface area contributed by atoms with Crippen molar-refractivity contribution in [2.45, 2.75) is 36.2 Å². The molecule has 1 amide bonds. The van der Waals surface area contributed by atoms with E-state index >= 15 is 0 Å². The Morgan fingerprint density at radius 1 is 1.18 bits per heavy atom. The number of hydrogen-bond acceptors (Lipinski definition) is 4. The third kappa shape index (κ3) is 3.52. The predicted octanol–water partition coefficient (Wildman–Crippen LogP) is 4.51. The van der Waals surface area contributed by atoms with E-state index < -0.39 is 16.4 Å². The van der Waals surface area contributed by atoms with Crippen LogP contribution in [0.1, 0.15) is 19.8 Å². The second-order valence-corrected chi connectivity index (χ2v) is 7.94. The van der Waals surface area contributed by atoms with Crippen molar-refractivity contribution in [3.63, 3.8) is 0 Å². The van der Waals surface area contributed by atoms with E-state index in [0.717, 1.165) is 24.6 Å². The van der Waals surface area contributed by atoms with Gasteiger partial charge >= 0.3 is 0 Å². The van der Waals surface area contributed by atoms with Gasteiger partial charge in [-0.1, -0.05) is 30.0 Å². The molecule has 3 aromatic rings. The molecule has 0 atom stereocenters. The molecule has 0 spiro atoms. The van der Waals surface area contributed by atoms with Crippen molar-refractivity contribution in [2.24, 2.45) is 0 Å². The average molecular weight is 400 g/mol. The van der Waals surface area contributed by atoms with Crippen LogP contribution in [0.4, 0.5) is 14.5 Å². The molecule has 0 aliphatic heterocycles. The molecular formula is C20H18F2N4OS. The van der Waals surface area contributed by atoms with Crippen molar-refractivity contribution in [1.82, 2.24) is 14.8 Å². The maximum absolute atomic E-state index is 14.2. The Morgan fingerprint density at radius 3 is 2.57 bits per heavy atom. The molecule has 0 bridgehead atoms. The van der Waals surface area contributed by atoms with Crippen molar-refractivity contribution < 1.29 is 13.6 Å². The fourth-order valence-corrected chi connectivity index (χ4v) is 4.16. The zero-order chi connectivity index (χ0) is 19.7. The minimum absolute atomic E-state index is 0.0798. The van der Waals surface area contributed by atoms with Crippen LogP contribution in [0.5, 0.6) is 0 Å². The first kappa shape index (κ1) is 18.6. The maximum Gasteiger partial charge on any atom is 0.241 e. The summed E-state index contributed by atoms with van der Waals surface area (Å²) < 4.78 is 28.6. The Kier molecular flexibility index (Phi) is 4.89. The Hall–Kier alpha value is -2.74. The number of amides is 1. The highest BCUT2D eigenvalue weighted by Crippen LogP contribution is 2.52. The summed E-state index contributed by atoms with van der Waals surface area (Å²) in [5.74, 6) is -1.10. The Balaban J connectivity index is 1.58. The normalized spacial score (nSPS) is 14.7. The van der Waals surface area contributed by atoms with Gasteiger partial charge in [-0.05, 0) is 44.0 Å². The lowest BCUT2D eigenvalue weighted by molar-refractivity contribution is -0.116. The number of nitrogens with one attached hydrogen (secondary N) is 1. The van der Waals surface area contributed by atoms with E-state index in [4.69, 9.17) is 0 Å². The van der Waals surface area contributed by atoms with Gasteiger partial charge in [0.25, 0.3) is 0 Å². The third-order valence-corrected chi connectivity index (χ3v) is 6.11. The second kappa shape index (κ2) is 7.35. The molecule has 1 saturated carbocycles. The maximum atomic E-state index is 14.2. The van der Waals surface area contributed by atoms with Gasteiger partial charge in [0.15, 0.2) is 11.0 Å². The number of thioether (sulfide) groups is 1. The van der Waals surface area contributed by atoms with Crippen molar-refractivity contribution in [3.8, 4) is 11.4 Å². The van der Waals surface area contributed by atoms with Gasteiger partial charge in [0.05, 0.1) is 5.56 Å². The molecule has 5 nitrogen and oxygen atoms in total. The van der Waals surface area contributed by atoms with Crippen LogP contribution in [-0.2, 0) is 11.3 Å². The lowest BCUT2D eigenvalue weighted by atomic mass is 10.2. The molecule has 2 aromatic carbocycles. The largest absolute Gasteiger partial charge is 0.325 e. The summed E-state index contributed by atoms with van der Waals surface area (Å²) in [7, 11) is 0. The number of rotatable bonds is 6. The Morgan fingerprint density at radius 2 is 1.93 bits per heavy atom. The number of carbonyl (C=O) groups is 1. The van der Waals surface area contributed by atoms with Crippen LogP contribution in [0.15, 0.2) is 53.7 Å². The van der Waals surface area contributed by atoms with Gasteiger partial charge in [-0.25, -0.2) is 8.78 Å². The van der Waals surface area contributed by atoms with E-state index in [1.54, 1.807) is 4.57 Å². The molecule has 1 fully saturated rings. The molecule has 8 heteroatoms. The second-order valence-electron chi connectivity index (χ2n) is 6.59. The summed E-state index contributed by atoms with van der Waals surface area (Å²) in [5, 5.41) is 11.8. The van der Waals surface area contributed by atoms with E-state index in [9.17, 15) is 13.6 Å². The fourth-order valence-electron chi connectivity index (χ4n) is 2.95. The molecule has 0 saturated heterocycles. The highest BCUT2D eigenvalue weighted by atomic mass is 32.2. The van der Waals surface area contributed by atoms with Gasteiger partial charge in [-0.3, -0.25) is 4.79 Å². The number of nitrogens with zero attached hydrogens (tertiary/aromatic N) is 3. The molecule has 1 N–H and O–H groups in total. The van der Waals surface area contributed by atoms with E-state index in [0.29, 0.717) is 17.5 Å². The molecular weight excluding hydrogens is 382 g/mol. The van der Waals surface area contributed by atoms with Gasteiger partial charge in [0.2, 0.25) is 5.91 Å². The molecule has 1 heterocycles. The summed E-state index contributed by atoms with van der Waals surface area (Å²) in [6, 6.07) is 12.6. The minimum Gasteiger partial charge on any atom is -0.325 e. The van der Waals surface area contributed by atoms with Crippen LogP contribution >= 0.6 is 11.8 Å². The number of carbonyl (C=O) groups excluding carboxylic acids is 1. The lowest BCUT2D eigenvalue weighted by Gasteiger charge is -2.15. The Labute approximate surface area is 165 Å². The minimum atomic E-state index is -0.693. The molecule has 1 aliphatic carbocycles. The smallest absolute Gasteiger partial charge is 0.241 e. The van der Waals surface area contributed by atoms with Crippen LogP contribution in [0.2, 0.25) is 0 Å². The van der Waals surface area contributed by atoms with Crippen molar-refractivity contribution in [1.29, 1.82) is 0 Å². The summed E-state index contributed by atoms with van der Waals surface area (Å²) in [6.45, 7) is 2.39. The van der Waals surface area contributed by atoms with Crippen molar-refractivity contribution in [2.75, 3.05) is 5.32 Å². The zero-order valence-corrected chi connectivity index (χ0v) is 16.0. The highest BCUT2D eigenvalue weighted by Gasteiger charge is 2.52. The van der Waals surface area contributed by atoms with Gasteiger partial charge in [-0.15, -0.1) is 10.2 Å². The standard InChI is InChI=1S/C20H18F2N4OS/c1-2-26-17(15-9-8-13(21)12-16(15)22)24-25-19(26)28-20(10-11-20)18(27)23-14-6-4-3-5-7-14/h3-9,12H,2,10-11H2,1H3,(H,23,27). The first-order chi connectivity index (χ1) is 13.5. The van der Waals surface area contributed by atoms with Crippen LogP contribution < -0.4 is 5.32 Å². The van der Waals surface area contributed by atoms with E-state index in [-0.39, 0.29) is 11.5 Å². The molecule has 1 aliphatic rings. The van der Waals surface area contributed by atoms with Crippen LogP contribution in [0.25, 0.3) is 11.4 Å². The molecule has 28 heavy (non-hydrogen) atoms. The van der Waals surface area contributed by atoms with Gasteiger partial charge in [0.1, 0.15) is 16.4 Å². The average Bonchev–Trinajstić information content (AvgIpc) is 3.36. The van der Waals surface area contributed by atoms with E-state index in [1.807, 2.05) is 37.3 Å². The van der Waals surface area contributed by atoms with Crippen molar-refractivity contribution in [3.05, 3.63) is 60.2 Å². The zero-order valence-electron chi connectivity index (χ0n) is 15.2. The molecule has 144 valence electrons. The van der Waals surface area contributed by atoms with Gasteiger partial charge < -0.3 is 9.88 Å². The topological polar surface area (TPSA) is 59.8 Å². The van der Waals surface area contributed by atoms with Crippen LogP contribution in [0, 0.1) is 11.6 Å². The van der Waals surface area contributed by atoms with Gasteiger partial charge in [-0.2, -0.15) is 0 Å². The predicted molar refractivity (Wildman–Crippen MR) is 104 cm³/mol. The monoisotopic (exact) mass is 400 g/mol. The molecule has 1 aromatic heterocycles. The quantitative estimate of drug-likeness (QED) is 0.662. The highest BCUT2D eigenvalue weighted by molar-refractivity contribution is 8.01. The fraction of sp³-hybridized carbons (Fsp3) is 0.250. The molecule has 0 radical (unpaired) electrons. The van der Waals surface area contributed by atoms with Crippen LogP contribution in [0.3, 0.4) is 0 Å². The number of halogens is 2. The first-order valence-electron chi connectivity index (χ1n) is 8.96. The summed E-state index contributed by atoms with van der Waals surface area (Å²) in [5.41, 5.74) is 0.923. The van der Waals surface area contributed by atoms with Crippen LogP contribution in [-0.4, -0.2) is 25.4 Å². The number of para-hydroxylation sites is 1. The first-order valence-corrected chi connectivity index (χ1v) is 9.78. The lowest BCUT2D eigenvalue weighted by Crippen LogP contribution is -2.27. The van der Waals surface area contributed by atoms with Crippen molar-refractivity contribution >= 4 is 23.4 Å². The molecule has 4 rings (SSSR count). The Bertz CT molecular complexity index is 1020. The van der Waals surface area contributed by atoms with Gasteiger partial charge in [0, 0.05) is 18.3 Å². The van der Waals surface area contributed by atoms with E-state index in [1.165, 1.54) is 23.9 Å². The number of anilines is 1. The van der Waals surface area contributed by atoms with E-state index in [2.05, 4.69) is 15.5 Å². The summed E-state index contributed by atoms with van der Waals surface area (Å²) >= 11 is 1.34. The summed E-state index contributed by atoms with van der Waals surface area (Å²) in [6.07, 6.45) is 1.46. The number of aromatic nitrogens is 3. The SMILES string of the molecule is CCn1c(SC2(C(=O)Nc3ccccc3)CC2)nnc1-c1ccc(F)cc1F. The number of hydrogen-bond donors (Lipinski definition) is 1. The summed E-state index contributed by atoms with van der Waals surface area (Å²) in [4.78, 5) is 12.8. The molecule has 0 unspecified atom stereocenters. The third-order valence-electron chi connectivity index (χ3n) is 4.64. The number of benzene rings is 2.